The summed E-state index contributed by atoms with van der Waals surface area (Å²) in [5.74, 6) is -0.526. The van der Waals surface area contributed by atoms with Crippen LogP contribution in [0.2, 0.25) is 0 Å². The normalized spacial score (nSPS) is 11.4. The van der Waals surface area contributed by atoms with Gasteiger partial charge in [-0.2, -0.15) is 0 Å². The molecule has 1 heterocycles. The average Bonchev–Trinajstić information content (AvgIpc) is 3.22. The number of benzene rings is 3. The molecule has 8 nitrogen and oxygen atoms in total. The lowest BCUT2D eigenvalue weighted by atomic mass is 10.00. The van der Waals surface area contributed by atoms with Crippen LogP contribution in [0.1, 0.15) is 34.0 Å². The summed E-state index contributed by atoms with van der Waals surface area (Å²) < 4.78 is 4.81. The topological polar surface area (TPSA) is 116 Å². The monoisotopic (exact) mass is 484 g/mol. The number of fused-ring (bicyclic) bond motifs is 1. The number of nitrogens with zero attached hydrogens (tertiary/aromatic N) is 1. The fraction of sp³-hybridized carbons (Fsp3) is 0.179. The Bertz CT molecular complexity index is 1390. The second-order valence-electron chi connectivity index (χ2n) is 8.25. The number of aromatic nitrogens is 1. The standard InChI is InChI=1S/C28H28N4O4/c1-18(33)30-15-14-29-17-19-8-11-22(12-9-19)31-26(20-6-4-3-5-7-20)25-23-13-10-21(28(35)36-2)16-24(23)32-27(25)34/h3-13,16,29,32,34H,14-15,17H2,1-2H3,(H,30,33). The van der Waals surface area contributed by atoms with Crippen LogP contribution in [0.15, 0.2) is 77.8 Å². The fourth-order valence-electron chi connectivity index (χ4n) is 3.91. The third kappa shape index (κ3) is 5.79. The number of ether oxygens (including phenoxy) is 1. The molecule has 0 saturated carbocycles. The number of hydrogen-bond donors (Lipinski definition) is 4. The van der Waals surface area contributed by atoms with Gasteiger partial charge < -0.3 is 25.5 Å². The molecule has 0 spiro atoms. The van der Waals surface area contributed by atoms with Gasteiger partial charge in [-0.1, -0.05) is 48.5 Å². The van der Waals surface area contributed by atoms with Gasteiger partial charge in [0.2, 0.25) is 5.91 Å². The molecule has 0 atom stereocenters. The number of esters is 1. The highest BCUT2D eigenvalue weighted by molar-refractivity contribution is 6.22. The molecule has 0 bridgehead atoms. The number of aromatic hydroxyl groups is 1. The first-order valence-corrected chi connectivity index (χ1v) is 11.6. The quantitative estimate of drug-likeness (QED) is 0.162. The van der Waals surface area contributed by atoms with Gasteiger partial charge in [0.1, 0.15) is 0 Å². The van der Waals surface area contributed by atoms with Crippen molar-refractivity contribution in [2.75, 3.05) is 20.2 Å². The minimum absolute atomic E-state index is 0.0328. The Balaban J connectivity index is 1.65. The Kier molecular flexibility index (Phi) is 7.77. The highest BCUT2D eigenvalue weighted by Crippen LogP contribution is 2.32. The lowest BCUT2D eigenvalue weighted by molar-refractivity contribution is -0.118. The number of carbonyl (C=O) groups excluding carboxylic acids is 2. The molecule has 4 N–H and O–H groups in total. The SMILES string of the molecule is COC(=O)c1ccc2c(C(=Nc3ccc(CNCCNC(C)=O)cc3)c3ccccc3)c(O)[nH]c2c1. The van der Waals surface area contributed by atoms with E-state index in [1.165, 1.54) is 14.0 Å². The molecule has 1 amide bonds. The van der Waals surface area contributed by atoms with Crippen molar-refractivity contribution in [3.63, 3.8) is 0 Å². The van der Waals surface area contributed by atoms with Crippen molar-refractivity contribution in [1.29, 1.82) is 0 Å². The van der Waals surface area contributed by atoms with Gasteiger partial charge in [-0.05, 0) is 29.8 Å². The lowest BCUT2D eigenvalue weighted by Gasteiger charge is -2.09. The summed E-state index contributed by atoms with van der Waals surface area (Å²) in [5.41, 5.74) is 4.81. The van der Waals surface area contributed by atoms with Gasteiger partial charge in [0, 0.05) is 43.0 Å². The third-order valence-corrected chi connectivity index (χ3v) is 5.67. The van der Waals surface area contributed by atoms with Gasteiger partial charge in [-0.25, -0.2) is 9.79 Å². The van der Waals surface area contributed by atoms with E-state index in [2.05, 4.69) is 15.6 Å². The van der Waals surface area contributed by atoms with E-state index in [9.17, 15) is 14.7 Å². The van der Waals surface area contributed by atoms with Gasteiger partial charge in [-0.3, -0.25) is 4.79 Å². The molecule has 36 heavy (non-hydrogen) atoms. The zero-order chi connectivity index (χ0) is 25.5. The number of aromatic amines is 1. The Labute approximate surface area is 209 Å². The molecule has 0 saturated heterocycles. The Morgan fingerprint density at radius 3 is 2.42 bits per heavy atom. The maximum atomic E-state index is 12.0. The van der Waals surface area contributed by atoms with Gasteiger partial charge in [0.15, 0.2) is 5.88 Å². The number of hydrogen-bond acceptors (Lipinski definition) is 6. The number of H-pyrrole nitrogens is 1. The van der Waals surface area contributed by atoms with Gasteiger partial charge in [0.05, 0.1) is 29.6 Å². The van der Waals surface area contributed by atoms with Crippen LogP contribution in [0.25, 0.3) is 10.9 Å². The predicted molar refractivity (Wildman–Crippen MR) is 140 cm³/mol. The molecule has 4 aromatic rings. The number of aliphatic imine (C=N–C) groups is 1. The Morgan fingerprint density at radius 1 is 0.972 bits per heavy atom. The Morgan fingerprint density at radius 2 is 1.72 bits per heavy atom. The minimum atomic E-state index is -0.450. The summed E-state index contributed by atoms with van der Waals surface area (Å²) >= 11 is 0. The first-order chi connectivity index (χ1) is 17.5. The third-order valence-electron chi connectivity index (χ3n) is 5.67. The van der Waals surface area contributed by atoms with Gasteiger partial charge in [-0.15, -0.1) is 0 Å². The van der Waals surface area contributed by atoms with E-state index in [0.717, 1.165) is 22.2 Å². The van der Waals surface area contributed by atoms with E-state index < -0.39 is 5.97 Å². The first-order valence-electron chi connectivity index (χ1n) is 11.6. The maximum absolute atomic E-state index is 12.0. The molecule has 8 heteroatoms. The summed E-state index contributed by atoms with van der Waals surface area (Å²) in [6.07, 6.45) is 0. The number of nitrogens with one attached hydrogen (secondary N) is 3. The van der Waals surface area contributed by atoms with Crippen molar-refractivity contribution in [1.82, 2.24) is 15.6 Å². The average molecular weight is 485 g/mol. The van der Waals surface area contributed by atoms with Crippen molar-refractivity contribution in [3.8, 4) is 5.88 Å². The number of rotatable bonds is 9. The Hall–Kier alpha value is -4.43. The van der Waals surface area contributed by atoms with E-state index >= 15 is 0 Å². The van der Waals surface area contributed by atoms with Crippen molar-refractivity contribution in [3.05, 3.63) is 95.1 Å². The molecule has 184 valence electrons. The summed E-state index contributed by atoms with van der Waals surface area (Å²) in [6, 6.07) is 22.6. The second-order valence-corrected chi connectivity index (χ2v) is 8.25. The molecule has 3 aromatic carbocycles. The molecule has 1 aromatic heterocycles. The van der Waals surface area contributed by atoms with Crippen LogP contribution in [0.4, 0.5) is 5.69 Å². The van der Waals surface area contributed by atoms with Crippen molar-refractivity contribution < 1.29 is 19.4 Å². The minimum Gasteiger partial charge on any atom is -0.494 e. The van der Waals surface area contributed by atoms with Crippen LogP contribution < -0.4 is 10.6 Å². The van der Waals surface area contributed by atoms with Crippen molar-refractivity contribution >= 4 is 34.2 Å². The molecular weight excluding hydrogens is 456 g/mol. The van der Waals surface area contributed by atoms with E-state index in [0.29, 0.717) is 42.0 Å². The van der Waals surface area contributed by atoms with E-state index in [1.807, 2.05) is 54.6 Å². The van der Waals surface area contributed by atoms with E-state index in [-0.39, 0.29) is 11.8 Å². The number of amides is 1. The smallest absolute Gasteiger partial charge is 0.337 e. The van der Waals surface area contributed by atoms with Gasteiger partial charge in [0.25, 0.3) is 0 Å². The zero-order valence-electron chi connectivity index (χ0n) is 20.2. The lowest BCUT2D eigenvalue weighted by Crippen LogP contribution is -2.29. The largest absolute Gasteiger partial charge is 0.494 e. The van der Waals surface area contributed by atoms with Gasteiger partial charge >= 0.3 is 5.97 Å². The highest BCUT2D eigenvalue weighted by Gasteiger charge is 2.20. The van der Waals surface area contributed by atoms with E-state index in [4.69, 9.17) is 9.73 Å². The molecule has 0 aliphatic carbocycles. The second kappa shape index (κ2) is 11.3. The highest BCUT2D eigenvalue weighted by atomic mass is 16.5. The maximum Gasteiger partial charge on any atom is 0.337 e. The molecule has 0 unspecified atom stereocenters. The van der Waals surface area contributed by atoms with Crippen LogP contribution in [-0.4, -0.2) is 47.9 Å². The molecule has 4 rings (SSSR count). The number of methoxy groups -OCH3 is 1. The van der Waals surface area contributed by atoms with Crippen molar-refractivity contribution in [2.24, 2.45) is 4.99 Å². The molecular formula is C28H28N4O4. The van der Waals surface area contributed by atoms with Crippen molar-refractivity contribution in [2.45, 2.75) is 13.5 Å². The summed E-state index contributed by atoms with van der Waals surface area (Å²) in [5, 5.41) is 17.6. The molecule has 0 fully saturated rings. The fourth-order valence-corrected chi connectivity index (χ4v) is 3.91. The summed E-state index contributed by atoms with van der Waals surface area (Å²) in [7, 11) is 1.33. The molecule has 0 radical (unpaired) electrons. The summed E-state index contributed by atoms with van der Waals surface area (Å²) in [6.45, 7) is 3.42. The molecule has 0 aliphatic rings. The molecule has 0 aliphatic heterocycles. The van der Waals surface area contributed by atoms with Crippen LogP contribution in [0, 0.1) is 0 Å². The van der Waals surface area contributed by atoms with E-state index in [1.54, 1.807) is 18.2 Å². The zero-order valence-corrected chi connectivity index (χ0v) is 20.2. The van der Waals surface area contributed by atoms with Crippen LogP contribution in [0.5, 0.6) is 5.88 Å². The predicted octanol–water partition coefficient (Wildman–Crippen LogP) is 4.05. The van der Waals surface area contributed by atoms with Crippen LogP contribution in [0.3, 0.4) is 0 Å². The van der Waals surface area contributed by atoms with Crippen LogP contribution >= 0.6 is 0 Å². The van der Waals surface area contributed by atoms with Crippen LogP contribution in [-0.2, 0) is 16.1 Å². The summed E-state index contributed by atoms with van der Waals surface area (Å²) in [4.78, 5) is 30.8. The number of carbonyl (C=O) groups is 2. The first kappa shape index (κ1) is 24.7.